The van der Waals surface area contributed by atoms with Gasteiger partial charge in [0, 0.05) is 12.0 Å². The van der Waals surface area contributed by atoms with Crippen LogP contribution in [0.15, 0.2) is 24.4 Å². The van der Waals surface area contributed by atoms with Gasteiger partial charge in [-0.2, -0.15) is 0 Å². The average molecular weight is 290 g/mol. The lowest BCUT2D eigenvalue weighted by Crippen LogP contribution is -2.53. The Labute approximate surface area is 125 Å². The minimum absolute atomic E-state index is 0.254. The van der Waals surface area contributed by atoms with Gasteiger partial charge in [0.1, 0.15) is 19.3 Å². The summed E-state index contributed by atoms with van der Waals surface area (Å²) in [5.41, 5.74) is 0. The third kappa shape index (κ3) is 3.12. The molecule has 1 aromatic heterocycles. The smallest absolute Gasteiger partial charge is 0.316 e. The standard InChI is InChI=1S/C16H24N3O2/c20-16(14-6-2-1-3-7-14)18-12-10-17(11-13-18)15-8-4-5-9-19(15)21/h4-5,8-9,14,21H,1-3,6-7,10-13H2/q+1. The summed E-state index contributed by atoms with van der Waals surface area (Å²) in [6.45, 7) is 3.07. The molecule has 1 aliphatic carbocycles. The third-order valence-electron chi connectivity index (χ3n) is 4.69. The lowest BCUT2D eigenvalue weighted by atomic mass is 9.88. The molecule has 0 bridgehead atoms. The molecule has 2 heterocycles. The van der Waals surface area contributed by atoms with Gasteiger partial charge in [0.2, 0.25) is 5.91 Å². The molecule has 1 saturated carbocycles. The lowest BCUT2D eigenvalue weighted by Gasteiger charge is -2.34. The summed E-state index contributed by atoms with van der Waals surface area (Å²) in [4.78, 5) is 16.7. The fraction of sp³-hybridized carbons (Fsp3) is 0.625. The molecule has 0 atom stereocenters. The molecule has 1 N–H and O–H groups in total. The molecule has 2 aliphatic rings. The molecule has 1 aromatic rings. The molecule has 0 radical (unpaired) electrons. The maximum absolute atomic E-state index is 12.5. The highest BCUT2D eigenvalue weighted by Gasteiger charge is 2.31. The van der Waals surface area contributed by atoms with Gasteiger partial charge in [-0.15, -0.1) is 0 Å². The molecule has 21 heavy (non-hydrogen) atoms. The van der Waals surface area contributed by atoms with Crippen LogP contribution in [0.25, 0.3) is 0 Å². The Balaban J connectivity index is 1.57. The number of carbonyl (C=O) groups excluding carboxylic acids is 1. The van der Waals surface area contributed by atoms with E-state index in [4.69, 9.17) is 0 Å². The van der Waals surface area contributed by atoms with E-state index < -0.39 is 0 Å². The van der Waals surface area contributed by atoms with Crippen LogP contribution in [-0.4, -0.2) is 42.2 Å². The van der Waals surface area contributed by atoms with E-state index in [0.717, 1.165) is 49.6 Å². The maximum atomic E-state index is 12.5. The van der Waals surface area contributed by atoms with Crippen molar-refractivity contribution in [3.8, 4) is 0 Å². The second-order valence-electron chi connectivity index (χ2n) is 6.05. The van der Waals surface area contributed by atoms with Crippen molar-refractivity contribution in [3.05, 3.63) is 24.4 Å². The predicted molar refractivity (Wildman–Crippen MR) is 79.2 cm³/mol. The molecule has 2 fully saturated rings. The minimum Gasteiger partial charge on any atom is -0.350 e. The summed E-state index contributed by atoms with van der Waals surface area (Å²) >= 11 is 0. The van der Waals surface area contributed by atoms with Gasteiger partial charge in [-0.1, -0.05) is 30.1 Å². The molecule has 5 nitrogen and oxygen atoms in total. The third-order valence-corrected chi connectivity index (χ3v) is 4.69. The Bertz CT molecular complexity index is 492. The highest BCUT2D eigenvalue weighted by Crippen LogP contribution is 2.26. The molecular weight excluding hydrogens is 266 g/mol. The Morgan fingerprint density at radius 3 is 2.48 bits per heavy atom. The van der Waals surface area contributed by atoms with Crippen molar-refractivity contribution in [2.75, 3.05) is 31.1 Å². The number of anilines is 1. The SMILES string of the molecule is O=C(C1CCCCC1)N1CCN(c2cccc[n+]2O)CC1. The van der Waals surface area contributed by atoms with E-state index in [1.807, 2.05) is 17.0 Å². The van der Waals surface area contributed by atoms with Crippen molar-refractivity contribution in [1.29, 1.82) is 0 Å². The topological polar surface area (TPSA) is 47.7 Å². The summed E-state index contributed by atoms with van der Waals surface area (Å²) < 4.78 is 1.15. The van der Waals surface area contributed by atoms with E-state index in [-0.39, 0.29) is 5.92 Å². The monoisotopic (exact) mass is 290 g/mol. The van der Waals surface area contributed by atoms with Crippen LogP contribution in [0.5, 0.6) is 0 Å². The predicted octanol–water partition coefficient (Wildman–Crippen LogP) is 1.44. The first kappa shape index (κ1) is 14.2. The van der Waals surface area contributed by atoms with Gasteiger partial charge in [0.15, 0.2) is 0 Å². The number of nitrogens with zero attached hydrogens (tertiary/aromatic N) is 3. The number of hydrogen-bond donors (Lipinski definition) is 1. The summed E-state index contributed by atoms with van der Waals surface area (Å²) in [6.07, 6.45) is 7.44. The molecule has 1 aliphatic heterocycles. The van der Waals surface area contributed by atoms with E-state index >= 15 is 0 Å². The van der Waals surface area contributed by atoms with Crippen molar-refractivity contribution in [2.24, 2.45) is 5.92 Å². The van der Waals surface area contributed by atoms with Crippen molar-refractivity contribution < 1.29 is 14.7 Å². The van der Waals surface area contributed by atoms with Crippen LogP contribution < -0.4 is 9.63 Å². The van der Waals surface area contributed by atoms with Gasteiger partial charge < -0.3 is 10.1 Å². The largest absolute Gasteiger partial charge is 0.350 e. The van der Waals surface area contributed by atoms with Gasteiger partial charge in [-0.3, -0.25) is 9.69 Å². The molecule has 1 amide bonds. The number of hydrogen-bond acceptors (Lipinski definition) is 3. The van der Waals surface area contributed by atoms with Crippen molar-refractivity contribution >= 4 is 11.7 Å². The highest BCUT2D eigenvalue weighted by atomic mass is 16.5. The summed E-state index contributed by atoms with van der Waals surface area (Å²) in [5, 5.41) is 9.84. The second kappa shape index (κ2) is 6.33. The Morgan fingerprint density at radius 1 is 1.10 bits per heavy atom. The van der Waals surface area contributed by atoms with Crippen LogP contribution in [0.3, 0.4) is 0 Å². The van der Waals surface area contributed by atoms with Crippen molar-refractivity contribution in [3.63, 3.8) is 0 Å². The van der Waals surface area contributed by atoms with Crippen LogP contribution >= 0.6 is 0 Å². The van der Waals surface area contributed by atoms with Crippen LogP contribution in [0.1, 0.15) is 32.1 Å². The van der Waals surface area contributed by atoms with Crippen LogP contribution in [0.2, 0.25) is 0 Å². The van der Waals surface area contributed by atoms with E-state index in [0.29, 0.717) is 5.91 Å². The lowest BCUT2D eigenvalue weighted by molar-refractivity contribution is -0.894. The molecular formula is C16H24N3O2+. The zero-order valence-electron chi connectivity index (χ0n) is 12.4. The number of pyridine rings is 1. The number of carbonyl (C=O) groups is 1. The zero-order chi connectivity index (χ0) is 14.7. The molecule has 0 aromatic carbocycles. The molecule has 3 rings (SSSR count). The highest BCUT2D eigenvalue weighted by molar-refractivity contribution is 5.79. The average Bonchev–Trinajstić information content (AvgIpc) is 2.56. The fourth-order valence-corrected chi connectivity index (χ4v) is 3.44. The summed E-state index contributed by atoms with van der Waals surface area (Å²) in [7, 11) is 0. The normalized spacial score (nSPS) is 20.6. The van der Waals surface area contributed by atoms with Crippen molar-refractivity contribution in [1.82, 2.24) is 4.90 Å². The van der Waals surface area contributed by atoms with Gasteiger partial charge in [-0.25, -0.2) is 0 Å². The van der Waals surface area contributed by atoms with Crippen LogP contribution in [-0.2, 0) is 4.79 Å². The van der Waals surface area contributed by atoms with E-state index in [1.54, 1.807) is 12.3 Å². The van der Waals surface area contributed by atoms with Crippen LogP contribution in [0, 0.1) is 5.92 Å². The first-order valence-electron chi connectivity index (χ1n) is 7.99. The molecule has 114 valence electrons. The van der Waals surface area contributed by atoms with Gasteiger partial charge >= 0.3 is 5.82 Å². The van der Waals surface area contributed by atoms with Gasteiger partial charge in [0.25, 0.3) is 0 Å². The van der Waals surface area contributed by atoms with E-state index in [9.17, 15) is 10.0 Å². The number of piperazine rings is 1. The van der Waals surface area contributed by atoms with Crippen molar-refractivity contribution in [2.45, 2.75) is 32.1 Å². The first-order valence-corrected chi connectivity index (χ1v) is 7.99. The molecule has 5 heteroatoms. The minimum atomic E-state index is 0.254. The maximum Gasteiger partial charge on any atom is 0.316 e. The second-order valence-corrected chi connectivity index (χ2v) is 6.05. The molecule has 0 spiro atoms. The first-order chi connectivity index (χ1) is 10.3. The summed E-state index contributed by atoms with van der Waals surface area (Å²) in [6, 6.07) is 5.62. The number of amides is 1. The number of aromatic nitrogens is 1. The van der Waals surface area contributed by atoms with E-state index in [1.165, 1.54) is 19.3 Å². The Hall–Kier alpha value is -1.78. The van der Waals surface area contributed by atoms with E-state index in [2.05, 4.69) is 4.90 Å². The molecule has 0 unspecified atom stereocenters. The molecule has 1 saturated heterocycles. The quantitative estimate of drug-likeness (QED) is 0.662. The zero-order valence-corrected chi connectivity index (χ0v) is 12.4. The Morgan fingerprint density at radius 2 is 1.81 bits per heavy atom. The van der Waals surface area contributed by atoms with Gasteiger partial charge in [0.05, 0.1) is 13.1 Å². The Kier molecular flexibility index (Phi) is 4.27. The summed E-state index contributed by atoms with van der Waals surface area (Å²) in [5.74, 6) is 1.39. The number of rotatable bonds is 2. The van der Waals surface area contributed by atoms with Gasteiger partial charge in [-0.05, 0) is 18.9 Å². The van der Waals surface area contributed by atoms with Crippen LogP contribution in [0.4, 0.5) is 5.82 Å². The fourth-order valence-electron chi connectivity index (χ4n) is 3.44.